The zero-order valence-electron chi connectivity index (χ0n) is 12.8. The SMILES string of the molecule is CNc1nc(C(=O)N(Cc2ccco2)C(C)C(C)C)cs1. The van der Waals surface area contributed by atoms with Gasteiger partial charge in [0.25, 0.3) is 5.91 Å². The Bertz CT molecular complexity index is 578. The minimum absolute atomic E-state index is 0.0645. The van der Waals surface area contributed by atoms with Gasteiger partial charge in [-0.1, -0.05) is 13.8 Å². The molecule has 1 N–H and O–H groups in total. The highest BCUT2D eigenvalue weighted by atomic mass is 32.1. The average molecular weight is 307 g/mol. The molecule has 114 valence electrons. The second-order valence-corrected chi connectivity index (χ2v) is 6.14. The van der Waals surface area contributed by atoms with Crippen LogP contribution >= 0.6 is 11.3 Å². The molecule has 0 radical (unpaired) electrons. The third kappa shape index (κ3) is 3.64. The third-order valence-corrected chi connectivity index (χ3v) is 4.42. The second kappa shape index (κ2) is 6.76. The number of carbonyl (C=O) groups is 1. The number of anilines is 1. The lowest BCUT2D eigenvalue weighted by Gasteiger charge is -2.30. The molecular weight excluding hydrogens is 286 g/mol. The summed E-state index contributed by atoms with van der Waals surface area (Å²) in [6, 6.07) is 3.82. The lowest BCUT2D eigenvalue weighted by molar-refractivity contribution is 0.0606. The maximum Gasteiger partial charge on any atom is 0.274 e. The Morgan fingerprint density at radius 2 is 2.24 bits per heavy atom. The van der Waals surface area contributed by atoms with Crippen molar-refractivity contribution in [3.05, 3.63) is 35.2 Å². The number of carbonyl (C=O) groups excluding carboxylic acids is 1. The highest BCUT2D eigenvalue weighted by molar-refractivity contribution is 7.13. The van der Waals surface area contributed by atoms with Gasteiger partial charge in [0.1, 0.15) is 11.5 Å². The normalized spacial score (nSPS) is 12.4. The molecular formula is C15H21N3O2S. The van der Waals surface area contributed by atoms with Gasteiger partial charge in [-0.25, -0.2) is 4.98 Å². The molecule has 0 fully saturated rings. The van der Waals surface area contributed by atoms with E-state index in [1.807, 2.05) is 17.0 Å². The van der Waals surface area contributed by atoms with Crippen molar-refractivity contribution >= 4 is 22.4 Å². The van der Waals surface area contributed by atoms with Gasteiger partial charge in [-0.15, -0.1) is 11.3 Å². The fourth-order valence-corrected chi connectivity index (χ4v) is 2.61. The van der Waals surface area contributed by atoms with Crippen LogP contribution in [0.3, 0.4) is 0 Å². The zero-order chi connectivity index (χ0) is 15.4. The van der Waals surface area contributed by atoms with E-state index in [0.717, 1.165) is 10.9 Å². The summed E-state index contributed by atoms with van der Waals surface area (Å²) in [4.78, 5) is 18.9. The summed E-state index contributed by atoms with van der Waals surface area (Å²) >= 11 is 1.43. The van der Waals surface area contributed by atoms with Crippen molar-refractivity contribution in [2.45, 2.75) is 33.4 Å². The summed E-state index contributed by atoms with van der Waals surface area (Å²) in [7, 11) is 1.80. The molecule has 2 aromatic rings. The van der Waals surface area contributed by atoms with Crippen LogP contribution in [0.2, 0.25) is 0 Å². The maximum absolute atomic E-state index is 12.7. The number of thiazole rings is 1. The number of nitrogens with one attached hydrogen (secondary N) is 1. The van der Waals surface area contributed by atoms with Gasteiger partial charge in [-0.2, -0.15) is 0 Å². The van der Waals surface area contributed by atoms with E-state index in [-0.39, 0.29) is 11.9 Å². The molecule has 0 aliphatic rings. The Labute approximate surface area is 129 Å². The summed E-state index contributed by atoms with van der Waals surface area (Å²) < 4.78 is 5.38. The van der Waals surface area contributed by atoms with Crippen LogP contribution in [0.5, 0.6) is 0 Å². The van der Waals surface area contributed by atoms with Crippen LogP contribution in [-0.2, 0) is 6.54 Å². The highest BCUT2D eigenvalue weighted by Gasteiger charge is 2.26. The van der Waals surface area contributed by atoms with Gasteiger partial charge in [0, 0.05) is 18.5 Å². The van der Waals surface area contributed by atoms with Gasteiger partial charge in [0.05, 0.1) is 12.8 Å². The zero-order valence-corrected chi connectivity index (χ0v) is 13.6. The number of aromatic nitrogens is 1. The van der Waals surface area contributed by atoms with E-state index in [0.29, 0.717) is 18.2 Å². The highest BCUT2D eigenvalue weighted by Crippen LogP contribution is 2.21. The minimum Gasteiger partial charge on any atom is -0.467 e. The minimum atomic E-state index is -0.0645. The van der Waals surface area contributed by atoms with Gasteiger partial charge in [0.15, 0.2) is 5.13 Å². The lowest BCUT2D eigenvalue weighted by atomic mass is 10.0. The van der Waals surface area contributed by atoms with Crippen molar-refractivity contribution in [3.8, 4) is 0 Å². The molecule has 21 heavy (non-hydrogen) atoms. The summed E-state index contributed by atoms with van der Waals surface area (Å²) in [5.41, 5.74) is 0.475. The van der Waals surface area contributed by atoms with Crippen molar-refractivity contribution in [1.29, 1.82) is 0 Å². The molecule has 1 atom stereocenters. The average Bonchev–Trinajstić information content (AvgIpc) is 3.14. The van der Waals surface area contributed by atoms with Crippen LogP contribution in [0.15, 0.2) is 28.2 Å². The van der Waals surface area contributed by atoms with E-state index in [9.17, 15) is 4.79 Å². The number of nitrogens with zero attached hydrogens (tertiary/aromatic N) is 2. The Kier molecular flexibility index (Phi) is 5.01. The Morgan fingerprint density at radius 1 is 1.48 bits per heavy atom. The van der Waals surface area contributed by atoms with Crippen molar-refractivity contribution in [1.82, 2.24) is 9.88 Å². The molecule has 2 heterocycles. The largest absolute Gasteiger partial charge is 0.467 e. The number of amides is 1. The van der Waals surface area contributed by atoms with E-state index >= 15 is 0 Å². The molecule has 6 heteroatoms. The molecule has 0 spiro atoms. The molecule has 1 amide bonds. The lowest BCUT2D eigenvalue weighted by Crippen LogP contribution is -2.41. The molecule has 0 aliphatic carbocycles. The molecule has 0 bridgehead atoms. The molecule has 0 aromatic carbocycles. The van der Waals surface area contributed by atoms with Gasteiger partial charge < -0.3 is 14.6 Å². The summed E-state index contributed by atoms with van der Waals surface area (Å²) in [6.07, 6.45) is 1.62. The van der Waals surface area contributed by atoms with Crippen LogP contribution in [0, 0.1) is 5.92 Å². The van der Waals surface area contributed by atoms with Gasteiger partial charge >= 0.3 is 0 Å². The first-order chi connectivity index (χ1) is 10.0. The van der Waals surface area contributed by atoms with Crippen LogP contribution in [0.4, 0.5) is 5.13 Å². The van der Waals surface area contributed by atoms with E-state index in [2.05, 4.69) is 31.1 Å². The predicted octanol–water partition coefficient (Wildman–Crippen LogP) is 3.46. The van der Waals surface area contributed by atoms with Gasteiger partial charge in [0.2, 0.25) is 0 Å². The molecule has 0 saturated carbocycles. The van der Waals surface area contributed by atoms with Crippen molar-refractivity contribution in [3.63, 3.8) is 0 Å². The summed E-state index contributed by atoms with van der Waals surface area (Å²) in [5, 5.41) is 5.49. The summed E-state index contributed by atoms with van der Waals surface area (Å²) in [5.74, 6) is 1.07. The second-order valence-electron chi connectivity index (χ2n) is 5.28. The molecule has 2 aromatic heterocycles. The quantitative estimate of drug-likeness (QED) is 0.888. The molecule has 0 saturated heterocycles. The Balaban J connectivity index is 2.23. The van der Waals surface area contributed by atoms with E-state index < -0.39 is 0 Å². The van der Waals surface area contributed by atoms with Gasteiger partial charge in [-0.3, -0.25) is 4.79 Å². The first kappa shape index (κ1) is 15.6. The van der Waals surface area contributed by atoms with Crippen LogP contribution in [-0.4, -0.2) is 28.9 Å². The summed E-state index contributed by atoms with van der Waals surface area (Å²) in [6.45, 7) is 6.72. The topological polar surface area (TPSA) is 58.4 Å². The van der Waals surface area contributed by atoms with E-state index in [1.54, 1.807) is 18.7 Å². The number of furan rings is 1. The smallest absolute Gasteiger partial charge is 0.274 e. The fourth-order valence-electron chi connectivity index (χ4n) is 1.96. The number of rotatable bonds is 6. The predicted molar refractivity (Wildman–Crippen MR) is 84.5 cm³/mol. The molecule has 0 aliphatic heterocycles. The number of hydrogen-bond donors (Lipinski definition) is 1. The van der Waals surface area contributed by atoms with Crippen molar-refractivity contribution < 1.29 is 9.21 Å². The van der Waals surface area contributed by atoms with Crippen LogP contribution < -0.4 is 5.32 Å². The monoisotopic (exact) mass is 307 g/mol. The molecule has 2 rings (SSSR count). The van der Waals surface area contributed by atoms with Crippen LogP contribution in [0.1, 0.15) is 37.0 Å². The molecule has 5 nitrogen and oxygen atoms in total. The molecule has 1 unspecified atom stereocenters. The number of hydrogen-bond acceptors (Lipinski definition) is 5. The Hall–Kier alpha value is -1.82. The standard InChI is InChI=1S/C15H21N3O2S/c1-10(2)11(3)18(8-12-6-5-7-20-12)14(19)13-9-21-15(16-4)17-13/h5-7,9-11H,8H2,1-4H3,(H,16,17). The van der Waals surface area contributed by atoms with E-state index in [1.165, 1.54) is 11.3 Å². The van der Waals surface area contributed by atoms with Gasteiger partial charge in [-0.05, 0) is 25.0 Å². The Morgan fingerprint density at radius 3 is 2.76 bits per heavy atom. The first-order valence-electron chi connectivity index (χ1n) is 6.99. The fraction of sp³-hybridized carbons (Fsp3) is 0.467. The maximum atomic E-state index is 12.7. The van der Waals surface area contributed by atoms with Crippen molar-refractivity contribution in [2.75, 3.05) is 12.4 Å². The van der Waals surface area contributed by atoms with Crippen molar-refractivity contribution in [2.24, 2.45) is 5.92 Å². The van der Waals surface area contributed by atoms with E-state index in [4.69, 9.17) is 4.42 Å². The first-order valence-corrected chi connectivity index (χ1v) is 7.87. The third-order valence-electron chi connectivity index (χ3n) is 3.56. The van der Waals surface area contributed by atoms with Crippen LogP contribution in [0.25, 0.3) is 0 Å².